The number of nitrogens with one attached hydrogen (secondary N) is 1. The Balaban J connectivity index is 2.31. The zero-order valence-corrected chi connectivity index (χ0v) is 13.0. The van der Waals surface area contributed by atoms with Crippen molar-refractivity contribution in [3.63, 3.8) is 0 Å². The third-order valence-corrected chi connectivity index (χ3v) is 3.54. The van der Waals surface area contributed by atoms with Crippen LogP contribution in [0.25, 0.3) is 0 Å². The molecule has 3 N–H and O–H groups in total. The molecule has 0 spiro atoms. The Morgan fingerprint density at radius 3 is 2.73 bits per heavy atom. The van der Waals surface area contributed by atoms with E-state index in [1.165, 1.54) is 22.9 Å². The number of aromatic nitrogens is 1. The number of rotatable bonds is 5. The number of hydrogen-bond donors (Lipinski definition) is 2. The van der Waals surface area contributed by atoms with E-state index >= 15 is 0 Å². The molecule has 116 valence electrons. The molecule has 1 aromatic carbocycles. The maximum absolute atomic E-state index is 12.5. The molecule has 2 rings (SSSR count). The van der Waals surface area contributed by atoms with Crippen molar-refractivity contribution >= 4 is 28.9 Å². The summed E-state index contributed by atoms with van der Waals surface area (Å²) in [7, 11) is 0. The fraction of sp³-hybridized carbons (Fsp3) is 0.250. The lowest BCUT2D eigenvalue weighted by molar-refractivity contribution is -0.119. The van der Waals surface area contributed by atoms with Crippen molar-refractivity contribution in [3.8, 4) is 0 Å². The largest absolute Gasteiger partial charge is 0.397 e. The lowest BCUT2D eigenvalue weighted by atomic mass is 10.1. The van der Waals surface area contributed by atoms with E-state index in [2.05, 4.69) is 5.32 Å². The Morgan fingerprint density at radius 2 is 2.05 bits per heavy atom. The number of hydrogen-bond acceptors (Lipinski definition) is 3. The number of halogens is 1. The van der Waals surface area contributed by atoms with Crippen molar-refractivity contribution in [2.75, 3.05) is 11.1 Å². The number of para-hydroxylation sites is 2. The first-order chi connectivity index (χ1) is 10.5. The molecule has 0 aliphatic heterocycles. The summed E-state index contributed by atoms with van der Waals surface area (Å²) in [6.07, 6.45) is 2.76. The second-order valence-electron chi connectivity index (χ2n) is 4.97. The summed E-state index contributed by atoms with van der Waals surface area (Å²) in [5.41, 5.74) is 6.57. The molecule has 1 aromatic heterocycles. The number of benzene rings is 1. The summed E-state index contributed by atoms with van der Waals surface area (Å²) in [5, 5.41) is 3.18. The molecule has 2 aromatic rings. The van der Waals surface area contributed by atoms with Crippen molar-refractivity contribution in [1.29, 1.82) is 0 Å². The lowest BCUT2D eigenvalue weighted by Crippen LogP contribution is -2.32. The minimum atomic E-state index is -0.629. The monoisotopic (exact) mass is 319 g/mol. The normalized spacial score (nSPS) is 11.9. The highest BCUT2D eigenvalue weighted by Gasteiger charge is 2.21. The summed E-state index contributed by atoms with van der Waals surface area (Å²) < 4.78 is 1.36. The van der Waals surface area contributed by atoms with Crippen LogP contribution in [-0.4, -0.2) is 10.5 Å². The van der Waals surface area contributed by atoms with E-state index in [0.29, 0.717) is 22.8 Å². The van der Waals surface area contributed by atoms with Crippen molar-refractivity contribution in [2.45, 2.75) is 25.8 Å². The molecule has 0 aliphatic carbocycles. The van der Waals surface area contributed by atoms with Gasteiger partial charge in [-0.1, -0.05) is 37.1 Å². The SMILES string of the molecule is CCCC(C(=O)Nc1ccccc1N)n1cc(Cl)ccc1=O. The number of anilines is 2. The van der Waals surface area contributed by atoms with Crippen LogP contribution in [0.5, 0.6) is 0 Å². The van der Waals surface area contributed by atoms with Gasteiger partial charge >= 0.3 is 0 Å². The highest BCUT2D eigenvalue weighted by molar-refractivity contribution is 6.30. The molecular formula is C16H18ClN3O2. The maximum Gasteiger partial charge on any atom is 0.251 e. The van der Waals surface area contributed by atoms with Crippen LogP contribution in [0.1, 0.15) is 25.8 Å². The quantitative estimate of drug-likeness (QED) is 0.831. The molecule has 1 atom stereocenters. The zero-order valence-electron chi connectivity index (χ0n) is 12.3. The molecule has 1 amide bonds. The molecule has 1 unspecified atom stereocenters. The van der Waals surface area contributed by atoms with Gasteiger partial charge in [-0.3, -0.25) is 9.59 Å². The van der Waals surface area contributed by atoms with Gasteiger partial charge in [0.15, 0.2) is 0 Å². The van der Waals surface area contributed by atoms with Gasteiger partial charge in [-0.25, -0.2) is 0 Å². The molecule has 0 saturated heterocycles. The zero-order chi connectivity index (χ0) is 16.1. The third kappa shape index (κ3) is 3.68. The van der Waals surface area contributed by atoms with Gasteiger partial charge in [0.1, 0.15) is 6.04 Å². The van der Waals surface area contributed by atoms with Crippen LogP contribution in [0, 0.1) is 0 Å². The molecule has 0 fully saturated rings. The van der Waals surface area contributed by atoms with Crippen LogP contribution in [0.2, 0.25) is 5.02 Å². The van der Waals surface area contributed by atoms with Crippen LogP contribution in [-0.2, 0) is 4.79 Å². The van der Waals surface area contributed by atoms with Crippen LogP contribution in [0.4, 0.5) is 11.4 Å². The van der Waals surface area contributed by atoms with Crippen LogP contribution >= 0.6 is 11.6 Å². The predicted molar refractivity (Wildman–Crippen MR) is 89.1 cm³/mol. The minimum Gasteiger partial charge on any atom is -0.397 e. The van der Waals surface area contributed by atoms with Crippen molar-refractivity contribution in [1.82, 2.24) is 4.57 Å². The van der Waals surface area contributed by atoms with Gasteiger partial charge in [-0.2, -0.15) is 0 Å². The number of nitrogens with two attached hydrogens (primary N) is 1. The number of carbonyl (C=O) groups excluding carboxylic acids is 1. The molecule has 1 heterocycles. The van der Waals surface area contributed by atoms with E-state index in [-0.39, 0.29) is 11.5 Å². The Kier molecular flexibility index (Phi) is 5.22. The second kappa shape index (κ2) is 7.13. The number of pyridine rings is 1. The molecule has 0 bridgehead atoms. The van der Waals surface area contributed by atoms with Gasteiger partial charge in [0, 0.05) is 12.3 Å². The first-order valence-electron chi connectivity index (χ1n) is 7.06. The van der Waals surface area contributed by atoms with Gasteiger partial charge < -0.3 is 15.6 Å². The van der Waals surface area contributed by atoms with E-state index in [9.17, 15) is 9.59 Å². The third-order valence-electron chi connectivity index (χ3n) is 3.32. The van der Waals surface area contributed by atoms with Gasteiger partial charge in [0.2, 0.25) is 5.91 Å². The summed E-state index contributed by atoms with van der Waals surface area (Å²) >= 11 is 5.94. The number of amides is 1. The summed E-state index contributed by atoms with van der Waals surface area (Å²) in [6, 6.07) is 9.23. The first kappa shape index (κ1) is 16.1. The average Bonchev–Trinajstić information content (AvgIpc) is 2.50. The van der Waals surface area contributed by atoms with E-state index in [1.807, 2.05) is 6.92 Å². The van der Waals surface area contributed by atoms with Crippen LogP contribution in [0.15, 0.2) is 47.4 Å². The van der Waals surface area contributed by atoms with Gasteiger partial charge in [-0.05, 0) is 24.6 Å². The van der Waals surface area contributed by atoms with Crippen molar-refractivity contribution < 1.29 is 4.79 Å². The summed E-state index contributed by atoms with van der Waals surface area (Å²) in [4.78, 5) is 24.6. The van der Waals surface area contributed by atoms with E-state index in [4.69, 9.17) is 17.3 Å². The van der Waals surface area contributed by atoms with E-state index < -0.39 is 6.04 Å². The molecule has 0 aliphatic rings. The lowest BCUT2D eigenvalue weighted by Gasteiger charge is -2.19. The maximum atomic E-state index is 12.5. The highest BCUT2D eigenvalue weighted by atomic mass is 35.5. The van der Waals surface area contributed by atoms with Crippen LogP contribution in [0.3, 0.4) is 0 Å². The smallest absolute Gasteiger partial charge is 0.251 e. The van der Waals surface area contributed by atoms with Crippen LogP contribution < -0.4 is 16.6 Å². The average molecular weight is 320 g/mol. The molecule has 5 nitrogen and oxygen atoms in total. The van der Waals surface area contributed by atoms with E-state index in [1.54, 1.807) is 24.3 Å². The highest BCUT2D eigenvalue weighted by Crippen LogP contribution is 2.21. The first-order valence-corrected chi connectivity index (χ1v) is 7.43. The molecule has 22 heavy (non-hydrogen) atoms. The molecule has 6 heteroatoms. The fourth-order valence-electron chi connectivity index (χ4n) is 2.22. The second-order valence-corrected chi connectivity index (χ2v) is 5.41. The van der Waals surface area contributed by atoms with Crippen molar-refractivity contribution in [3.05, 3.63) is 58.0 Å². The Bertz CT molecular complexity index is 727. The van der Waals surface area contributed by atoms with Gasteiger partial charge in [-0.15, -0.1) is 0 Å². The molecule has 0 saturated carbocycles. The molecule has 0 radical (unpaired) electrons. The topological polar surface area (TPSA) is 77.1 Å². The summed E-state index contributed by atoms with van der Waals surface area (Å²) in [5.74, 6) is -0.288. The van der Waals surface area contributed by atoms with E-state index in [0.717, 1.165) is 6.42 Å². The van der Waals surface area contributed by atoms with Gasteiger partial charge in [0.05, 0.1) is 16.4 Å². The van der Waals surface area contributed by atoms with Gasteiger partial charge in [0.25, 0.3) is 5.56 Å². The Morgan fingerprint density at radius 1 is 1.32 bits per heavy atom. The molecular weight excluding hydrogens is 302 g/mol. The van der Waals surface area contributed by atoms with Crippen molar-refractivity contribution in [2.24, 2.45) is 0 Å². The predicted octanol–water partition coefficient (Wildman–Crippen LogP) is 3.06. The number of nitrogen functional groups attached to an aromatic ring is 1. The standard InChI is InChI=1S/C16H18ClN3O2/c1-2-5-14(20-10-11(17)8-9-15(20)21)16(22)19-13-7-4-3-6-12(13)18/h3-4,6-10,14H,2,5,18H2,1H3,(H,19,22). The minimum absolute atomic E-state index is 0.265. The fourth-order valence-corrected chi connectivity index (χ4v) is 2.39. The number of nitrogens with zero attached hydrogens (tertiary/aromatic N) is 1. The Hall–Kier alpha value is -2.27. The Labute approximate surface area is 133 Å². The summed E-state index contributed by atoms with van der Waals surface area (Å²) in [6.45, 7) is 1.95. The number of carbonyl (C=O) groups is 1.